The summed E-state index contributed by atoms with van der Waals surface area (Å²) in [6.07, 6.45) is 0. The number of thiocarbonyl (C=S) groups is 1. The van der Waals surface area contributed by atoms with Gasteiger partial charge < -0.3 is 4.98 Å². The van der Waals surface area contributed by atoms with Crippen LogP contribution in [0.2, 0.25) is 0 Å². The number of hydrogen-bond acceptors (Lipinski definition) is 3. The summed E-state index contributed by atoms with van der Waals surface area (Å²) in [7, 11) is 0. The number of nitrogens with one attached hydrogen (secondary N) is 1. The number of aromatic amines is 1. The summed E-state index contributed by atoms with van der Waals surface area (Å²) >= 11 is 4.60. The van der Waals surface area contributed by atoms with Crippen LogP contribution in [0.3, 0.4) is 0 Å². The normalized spacial score (nSPS) is 10.2. The minimum atomic E-state index is 0.778. The minimum absolute atomic E-state index is 0.778. The zero-order chi connectivity index (χ0) is 12.4. The smallest absolute Gasteiger partial charge is 0.138 e. The number of nitrogens with zero attached hydrogens (tertiary/aromatic N) is 2. The molecule has 0 unspecified atom stereocenters. The standard InChI is InChI=1S/C14H9N3S/c18-9-15-11-6-7-12-13(8-11)17-14(16-12)10-4-2-1-3-5-10/h1-8H,(H,16,17). The Labute approximate surface area is 109 Å². The first-order chi connectivity index (χ1) is 8.86. The highest BCUT2D eigenvalue weighted by Gasteiger charge is 2.04. The van der Waals surface area contributed by atoms with E-state index in [0.29, 0.717) is 0 Å². The second-order valence-electron chi connectivity index (χ2n) is 3.86. The number of imidazole rings is 1. The Bertz CT molecular complexity index is 740. The molecule has 0 aliphatic rings. The lowest BCUT2D eigenvalue weighted by molar-refractivity contribution is 1.34. The molecule has 0 amide bonds. The van der Waals surface area contributed by atoms with Crippen LogP contribution in [-0.4, -0.2) is 15.1 Å². The number of aromatic nitrogens is 2. The van der Waals surface area contributed by atoms with E-state index in [9.17, 15) is 0 Å². The maximum Gasteiger partial charge on any atom is 0.138 e. The third-order valence-electron chi connectivity index (χ3n) is 2.69. The van der Waals surface area contributed by atoms with Gasteiger partial charge in [-0.15, -0.1) is 0 Å². The van der Waals surface area contributed by atoms with Gasteiger partial charge in [-0.25, -0.2) is 4.98 Å². The van der Waals surface area contributed by atoms with E-state index in [4.69, 9.17) is 0 Å². The summed E-state index contributed by atoms with van der Waals surface area (Å²) in [6, 6.07) is 15.7. The van der Waals surface area contributed by atoms with Crippen LogP contribution in [0, 0.1) is 0 Å². The van der Waals surface area contributed by atoms with Gasteiger partial charge >= 0.3 is 0 Å². The second kappa shape index (κ2) is 4.53. The van der Waals surface area contributed by atoms with Crippen LogP contribution in [0.15, 0.2) is 53.5 Å². The van der Waals surface area contributed by atoms with Crippen LogP contribution < -0.4 is 0 Å². The SMILES string of the molecule is S=C=Nc1ccc2nc(-c3ccccc3)[nH]c2c1. The van der Waals surface area contributed by atoms with E-state index in [1.165, 1.54) is 0 Å². The predicted molar refractivity (Wildman–Crippen MR) is 76.2 cm³/mol. The molecule has 2 aromatic carbocycles. The quantitative estimate of drug-likeness (QED) is 0.553. The van der Waals surface area contributed by atoms with Crippen molar-refractivity contribution < 1.29 is 0 Å². The largest absolute Gasteiger partial charge is 0.338 e. The maximum atomic E-state index is 4.60. The van der Waals surface area contributed by atoms with Crippen molar-refractivity contribution in [2.24, 2.45) is 4.99 Å². The number of hydrogen-bond donors (Lipinski definition) is 1. The summed E-state index contributed by atoms with van der Waals surface area (Å²) in [5, 5.41) is 2.36. The fourth-order valence-electron chi connectivity index (χ4n) is 1.85. The molecule has 1 aromatic heterocycles. The average Bonchev–Trinajstić information content (AvgIpc) is 2.83. The Morgan fingerprint density at radius 1 is 1.11 bits per heavy atom. The van der Waals surface area contributed by atoms with Crippen molar-refractivity contribution in [3.05, 3.63) is 48.5 Å². The van der Waals surface area contributed by atoms with Crippen LogP contribution in [0.25, 0.3) is 22.4 Å². The fraction of sp³-hybridized carbons (Fsp3) is 0. The zero-order valence-electron chi connectivity index (χ0n) is 9.42. The van der Waals surface area contributed by atoms with Crippen LogP contribution in [0.4, 0.5) is 5.69 Å². The van der Waals surface area contributed by atoms with Crippen LogP contribution >= 0.6 is 12.2 Å². The number of isothiocyanates is 1. The van der Waals surface area contributed by atoms with E-state index >= 15 is 0 Å². The highest BCUT2D eigenvalue weighted by Crippen LogP contribution is 2.23. The predicted octanol–water partition coefficient (Wildman–Crippen LogP) is 3.96. The summed E-state index contributed by atoms with van der Waals surface area (Å²) in [5.74, 6) is 0.856. The van der Waals surface area contributed by atoms with Gasteiger partial charge in [-0.05, 0) is 30.4 Å². The second-order valence-corrected chi connectivity index (χ2v) is 4.04. The summed E-state index contributed by atoms with van der Waals surface area (Å²) in [5.41, 5.74) is 3.70. The van der Waals surface area contributed by atoms with Gasteiger partial charge in [0.05, 0.1) is 21.9 Å². The van der Waals surface area contributed by atoms with Crippen molar-refractivity contribution in [3.8, 4) is 11.4 Å². The molecule has 0 spiro atoms. The first-order valence-electron chi connectivity index (χ1n) is 5.50. The molecular weight excluding hydrogens is 242 g/mol. The van der Waals surface area contributed by atoms with Gasteiger partial charge in [0, 0.05) is 5.56 Å². The number of benzene rings is 2. The highest BCUT2D eigenvalue weighted by atomic mass is 32.1. The molecule has 1 N–H and O–H groups in total. The van der Waals surface area contributed by atoms with E-state index in [0.717, 1.165) is 28.1 Å². The first-order valence-corrected chi connectivity index (χ1v) is 5.91. The van der Waals surface area contributed by atoms with Gasteiger partial charge in [-0.1, -0.05) is 30.3 Å². The molecule has 0 aliphatic heterocycles. The molecule has 0 fully saturated rings. The Balaban J connectivity index is 2.14. The Morgan fingerprint density at radius 2 is 1.94 bits per heavy atom. The molecule has 3 aromatic rings. The van der Waals surface area contributed by atoms with E-state index in [2.05, 4.69) is 32.3 Å². The van der Waals surface area contributed by atoms with E-state index in [1.54, 1.807) is 0 Å². The molecule has 18 heavy (non-hydrogen) atoms. The lowest BCUT2D eigenvalue weighted by Crippen LogP contribution is -1.77. The van der Waals surface area contributed by atoms with Gasteiger partial charge in [0.2, 0.25) is 0 Å². The minimum Gasteiger partial charge on any atom is -0.338 e. The third-order valence-corrected chi connectivity index (χ3v) is 2.78. The molecule has 0 bridgehead atoms. The Morgan fingerprint density at radius 3 is 2.72 bits per heavy atom. The molecule has 4 heteroatoms. The molecule has 0 aliphatic carbocycles. The van der Waals surface area contributed by atoms with E-state index in [1.807, 2.05) is 48.5 Å². The molecule has 0 saturated heterocycles. The van der Waals surface area contributed by atoms with Crippen molar-refractivity contribution in [2.75, 3.05) is 0 Å². The van der Waals surface area contributed by atoms with Gasteiger partial charge in [-0.2, -0.15) is 4.99 Å². The Hall–Kier alpha value is -2.29. The van der Waals surface area contributed by atoms with Crippen LogP contribution in [-0.2, 0) is 0 Å². The van der Waals surface area contributed by atoms with Crippen molar-refractivity contribution in [2.45, 2.75) is 0 Å². The number of aliphatic imine (C=N–C) groups is 1. The van der Waals surface area contributed by atoms with Crippen LogP contribution in [0.5, 0.6) is 0 Å². The molecule has 0 atom stereocenters. The summed E-state index contributed by atoms with van der Waals surface area (Å²) in [4.78, 5) is 11.8. The third kappa shape index (κ3) is 1.95. The van der Waals surface area contributed by atoms with E-state index < -0.39 is 0 Å². The van der Waals surface area contributed by atoms with Gasteiger partial charge in [0.1, 0.15) is 5.82 Å². The summed E-state index contributed by atoms with van der Waals surface area (Å²) < 4.78 is 0. The molecule has 0 radical (unpaired) electrons. The van der Waals surface area contributed by atoms with Gasteiger partial charge in [-0.3, -0.25) is 0 Å². The zero-order valence-corrected chi connectivity index (χ0v) is 10.2. The van der Waals surface area contributed by atoms with Crippen molar-refractivity contribution in [1.29, 1.82) is 0 Å². The molecular formula is C14H9N3S. The van der Waals surface area contributed by atoms with Crippen molar-refractivity contribution in [3.63, 3.8) is 0 Å². The lowest BCUT2D eigenvalue weighted by Gasteiger charge is -1.93. The molecule has 86 valence electrons. The topological polar surface area (TPSA) is 41.0 Å². The average molecular weight is 251 g/mol. The van der Waals surface area contributed by atoms with Gasteiger partial charge in [0.15, 0.2) is 0 Å². The highest BCUT2D eigenvalue weighted by molar-refractivity contribution is 7.78. The van der Waals surface area contributed by atoms with E-state index in [-0.39, 0.29) is 0 Å². The fourth-order valence-corrected chi connectivity index (χ4v) is 1.96. The van der Waals surface area contributed by atoms with Crippen molar-refractivity contribution >= 4 is 34.1 Å². The first kappa shape index (κ1) is 10.8. The van der Waals surface area contributed by atoms with Gasteiger partial charge in [0.25, 0.3) is 0 Å². The number of H-pyrrole nitrogens is 1. The molecule has 3 nitrogen and oxygen atoms in total. The van der Waals surface area contributed by atoms with Crippen LogP contribution in [0.1, 0.15) is 0 Å². The molecule has 1 heterocycles. The summed E-state index contributed by atoms with van der Waals surface area (Å²) in [6.45, 7) is 0. The number of fused-ring (bicyclic) bond motifs is 1. The Kier molecular flexibility index (Phi) is 2.73. The van der Waals surface area contributed by atoms with Crippen molar-refractivity contribution in [1.82, 2.24) is 9.97 Å². The monoisotopic (exact) mass is 251 g/mol. The lowest BCUT2D eigenvalue weighted by atomic mass is 10.2. The number of rotatable bonds is 2. The maximum absolute atomic E-state index is 4.60. The molecule has 3 rings (SSSR count). The molecule has 0 saturated carbocycles.